The number of hydrazine groups is 1. The molecule has 0 aliphatic carbocycles. The van der Waals surface area contributed by atoms with Crippen molar-refractivity contribution in [2.75, 3.05) is 17.8 Å². The number of fused-ring (bicyclic) bond motifs is 1. The van der Waals surface area contributed by atoms with Crippen LogP contribution < -0.4 is 17.0 Å². The third kappa shape index (κ3) is 5.31. The molecule has 0 amide bonds. The van der Waals surface area contributed by atoms with E-state index in [4.69, 9.17) is 21.4 Å². The van der Waals surface area contributed by atoms with Gasteiger partial charge in [-0.1, -0.05) is 44.2 Å². The fourth-order valence-corrected chi connectivity index (χ4v) is 2.83. The second kappa shape index (κ2) is 11.3. The van der Waals surface area contributed by atoms with Gasteiger partial charge in [0.15, 0.2) is 17.7 Å². The SMILES string of the molecule is CC.NNc1nc(N)c2ncn([C@@H]3O[C@H](CO)[C@H](O)C3O)c2n1.O=Cc1ccccc1. The molecule has 4 rings (SSSR count). The van der Waals surface area contributed by atoms with Crippen LogP contribution in [0.5, 0.6) is 0 Å². The van der Waals surface area contributed by atoms with Gasteiger partial charge in [0, 0.05) is 5.56 Å². The van der Waals surface area contributed by atoms with Crippen molar-refractivity contribution in [2.24, 2.45) is 5.84 Å². The summed E-state index contributed by atoms with van der Waals surface area (Å²) in [7, 11) is 0. The Morgan fingerprint density at radius 3 is 2.39 bits per heavy atom. The molecule has 1 unspecified atom stereocenters. The first kappa shape index (κ1) is 24.1. The maximum Gasteiger partial charge on any atom is 0.241 e. The first-order chi connectivity index (χ1) is 15.0. The number of aromatic nitrogens is 4. The molecule has 1 aliphatic rings. The lowest BCUT2D eigenvalue weighted by molar-refractivity contribution is -0.0511. The number of rotatable bonds is 4. The summed E-state index contributed by atoms with van der Waals surface area (Å²) in [5.74, 6) is 5.45. The normalized spacial score (nSPS) is 22.1. The van der Waals surface area contributed by atoms with Crippen molar-refractivity contribution in [2.45, 2.75) is 38.4 Å². The third-order valence-electron chi connectivity index (χ3n) is 4.30. The van der Waals surface area contributed by atoms with Crippen molar-refractivity contribution in [3.63, 3.8) is 0 Å². The van der Waals surface area contributed by atoms with Crippen molar-refractivity contribution in [3.8, 4) is 0 Å². The number of aliphatic hydroxyl groups excluding tert-OH is 3. The van der Waals surface area contributed by atoms with Gasteiger partial charge in [-0.25, -0.2) is 10.8 Å². The summed E-state index contributed by atoms with van der Waals surface area (Å²) in [5.41, 5.74) is 9.34. The van der Waals surface area contributed by atoms with Crippen molar-refractivity contribution in [1.29, 1.82) is 0 Å². The molecule has 1 saturated heterocycles. The number of nitrogen functional groups attached to an aromatic ring is 2. The minimum Gasteiger partial charge on any atom is -0.394 e. The van der Waals surface area contributed by atoms with E-state index >= 15 is 0 Å². The van der Waals surface area contributed by atoms with Crippen LogP contribution >= 0.6 is 0 Å². The standard InChI is InChI=1S/C10H15N7O4.C7H6O.C2H6/c11-7-4-8(15-10(14-7)16-12)17(2-13-4)9-6(20)5(19)3(1-18)21-9;8-6-7-4-2-1-3-5-7;1-2/h2-3,5-6,9,18-20H,1,12H2,(H3,11,14,15,16);1-6H;1-2H3/t3-,5+,6?,9-;;/m1../s1. The van der Waals surface area contributed by atoms with E-state index in [0.29, 0.717) is 5.52 Å². The van der Waals surface area contributed by atoms with E-state index < -0.39 is 31.1 Å². The molecule has 2 aromatic heterocycles. The lowest BCUT2D eigenvalue weighted by Gasteiger charge is -2.16. The number of imidazole rings is 1. The Balaban J connectivity index is 0.000000286. The molecular formula is C19H27N7O5. The zero-order valence-corrected chi connectivity index (χ0v) is 17.2. The molecule has 31 heavy (non-hydrogen) atoms. The van der Waals surface area contributed by atoms with Crippen molar-refractivity contribution < 1.29 is 24.9 Å². The maximum absolute atomic E-state index is 10.0. The molecule has 0 bridgehead atoms. The highest BCUT2D eigenvalue weighted by Gasteiger charge is 2.44. The van der Waals surface area contributed by atoms with Crippen molar-refractivity contribution in [3.05, 3.63) is 42.2 Å². The van der Waals surface area contributed by atoms with Gasteiger partial charge >= 0.3 is 0 Å². The number of benzene rings is 1. The Morgan fingerprint density at radius 2 is 1.87 bits per heavy atom. The van der Waals surface area contributed by atoms with Gasteiger partial charge in [-0.2, -0.15) is 9.97 Å². The van der Waals surface area contributed by atoms with Crippen LogP contribution in [0.2, 0.25) is 0 Å². The Kier molecular flexibility index (Phi) is 8.78. The summed E-state index contributed by atoms with van der Waals surface area (Å²) >= 11 is 0. The molecule has 3 aromatic rings. The van der Waals surface area contributed by atoms with Gasteiger partial charge in [0.05, 0.1) is 12.9 Å². The Hall–Kier alpha value is -3.16. The van der Waals surface area contributed by atoms with Crippen molar-refractivity contribution in [1.82, 2.24) is 19.5 Å². The van der Waals surface area contributed by atoms with Gasteiger partial charge in [0.1, 0.15) is 30.1 Å². The Morgan fingerprint density at radius 1 is 1.19 bits per heavy atom. The Bertz CT molecular complexity index is 969. The molecule has 1 aliphatic heterocycles. The van der Waals surface area contributed by atoms with E-state index in [-0.39, 0.29) is 17.4 Å². The first-order valence-electron chi connectivity index (χ1n) is 9.59. The predicted octanol–water partition coefficient (Wildman–Crippen LogP) is -0.169. The number of nitrogens with zero attached hydrogens (tertiary/aromatic N) is 4. The molecule has 168 valence electrons. The van der Waals surface area contributed by atoms with E-state index in [1.807, 2.05) is 32.0 Å². The molecule has 4 atom stereocenters. The van der Waals surface area contributed by atoms with Gasteiger partial charge in [-0.3, -0.25) is 14.8 Å². The molecule has 0 radical (unpaired) electrons. The molecule has 1 fully saturated rings. The van der Waals surface area contributed by atoms with Gasteiger partial charge in [-0.15, -0.1) is 0 Å². The number of aldehydes is 1. The van der Waals surface area contributed by atoms with E-state index in [1.54, 1.807) is 12.1 Å². The minimum absolute atomic E-state index is 0.0773. The molecule has 12 nitrogen and oxygen atoms in total. The third-order valence-corrected chi connectivity index (χ3v) is 4.30. The van der Waals surface area contributed by atoms with E-state index in [2.05, 4.69) is 20.4 Å². The number of carbonyl (C=O) groups is 1. The average Bonchev–Trinajstić information content (AvgIpc) is 3.37. The van der Waals surface area contributed by atoms with Crippen LogP contribution in [0.25, 0.3) is 11.2 Å². The van der Waals surface area contributed by atoms with Crippen LogP contribution in [0.3, 0.4) is 0 Å². The van der Waals surface area contributed by atoms with Crippen molar-refractivity contribution >= 4 is 29.2 Å². The second-order valence-electron chi connectivity index (χ2n) is 6.16. The molecule has 3 heterocycles. The number of nitrogens with two attached hydrogens (primary N) is 2. The van der Waals surface area contributed by atoms with Gasteiger partial charge < -0.3 is 25.8 Å². The number of carbonyl (C=O) groups excluding carboxylic acids is 1. The molecule has 12 heteroatoms. The van der Waals surface area contributed by atoms with Crippen LogP contribution in [0.15, 0.2) is 36.7 Å². The number of nitrogens with one attached hydrogen (secondary N) is 1. The van der Waals surface area contributed by atoms with E-state index in [9.17, 15) is 15.0 Å². The first-order valence-corrected chi connectivity index (χ1v) is 9.59. The molecule has 0 saturated carbocycles. The average molecular weight is 433 g/mol. The maximum atomic E-state index is 10.0. The summed E-state index contributed by atoms with van der Waals surface area (Å²) < 4.78 is 6.82. The fraction of sp³-hybridized carbons (Fsp3) is 0.368. The number of ether oxygens (including phenoxy) is 1. The molecule has 8 N–H and O–H groups in total. The van der Waals surface area contributed by atoms with Crippen LogP contribution in [0.1, 0.15) is 30.4 Å². The largest absolute Gasteiger partial charge is 0.394 e. The second-order valence-corrected chi connectivity index (χ2v) is 6.16. The number of hydrogen-bond acceptors (Lipinski definition) is 11. The summed E-state index contributed by atoms with van der Waals surface area (Å²) in [6.07, 6.45) is -2.12. The summed E-state index contributed by atoms with van der Waals surface area (Å²) in [6.45, 7) is 3.58. The van der Waals surface area contributed by atoms with Gasteiger partial charge in [0.25, 0.3) is 0 Å². The number of hydrogen-bond donors (Lipinski definition) is 6. The smallest absolute Gasteiger partial charge is 0.241 e. The minimum atomic E-state index is -1.25. The zero-order chi connectivity index (χ0) is 23.0. The quantitative estimate of drug-likeness (QED) is 0.182. The number of aliphatic hydroxyl groups is 3. The van der Waals surface area contributed by atoms with E-state index in [1.165, 1.54) is 10.9 Å². The summed E-state index contributed by atoms with van der Waals surface area (Å²) in [4.78, 5) is 22.1. The molecule has 0 spiro atoms. The summed E-state index contributed by atoms with van der Waals surface area (Å²) in [6, 6.07) is 9.10. The lowest BCUT2D eigenvalue weighted by Crippen LogP contribution is -2.33. The Labute approximate surface area is 178 Å². The zero-order valence-electron chi connectivity index (χ0n) is 17.2. The van der Waals surface area contributed by atoms with Crippen LogP contribution in [-0.2, 0) is 4.74 Å². The topological polar surface area (TPSA) is 195 Å². The summed E-state index contributed by atoms with van der Waals surface area (Å²) in [5, 5.41) is 28.9. The fourth-order valence-electron chi connectivity index (χ4n) is 2.83. The lowest BCUT2D eigenvalue weighted by atomic mass is 10.1. The highest BCUT2D eigenvalue weighted by atomic mass is 16.6. The molecular weight excluding hydrogens is 406 g/mol. The van der Waals surface area contributed by atoms with Gasteiger partial charge in [0.2, 0.25) is 5.95 Å². The van der Waals surface area contributed by atoms with Gasteiger partial charge in [-0.05, 0) is 0 Å². The van der Waals surface area contributed by atoms with Crippen LogP contribution in [0.4, 0.5) is 11.8 Å². The van der Waals surface area contributed by atoms with E-state index in [0.717, 1.165) is 11.8 Å². The van der Waals surface area contributed by atoms with Crippen LogP contribution in [-0.4, -0.2) is 66.0 Å². The molecule has 1 aromatic carbocycles. The predicted molar refractivity (Wildman–Crippen MR) is 114 cm³/mol. The highest BCUT2D eigenvalue weighted by molar-refractivity contribution is 5.82. The number of anilines is 2. The monoisotopic (exact) mass is 433 g/mol. The van der Waals surface area contributed by atoms with Crippen LogP contribution in [0, 0.1) is 0 Å². The highest BCUT2D eigenvalue weighted by Crippen LogP contribution is 2.32.